The lowest BCUT2D eigenvalue weighted by atomic mass is 10.2. The molecule has 0 saturated heterocycles. The van der Waals surface area contributed by atoms with Crippen molar-refractivity contribution in [3.63, 3.8) is 0 Å². The van der Waals surface area contributed by atoms with Crippen LogP contribution in [0.3, 0.4) is 0 Å². The summed E-state index contributed by atoms with van der Waals surface area (Å²) in [4.78, 5) is 6.59. The van der Waals surface area contributed by atoms with Crippen molar-refractivity contribution in [3.05, 3.63) is 53.7 Å². The lowest BCUT2D eigenvalue weighted by Gasteiger charge is -2.15. The second kappa shape index (κ2) is 7.07. The van der Waals surface area contributed by atoms with E-state index in [1.54, 1.807) is 6.26 Å². The monoisotopic (exact) mass is 259 g/mol. The van der Waals surface area contributed by atoms with E-state index in [4.69, 9.17) is 4.42 Å². The summed E-state index contributed by atoms with van der Waals surface area (Å²) in [6.07, 6.45) is 4.56. The minimum Gasteiger partial charge on any atom is -0.468 e. The van der Waals surface area contributed by atoms with E-state index in [2.05, 4.69) is 28.3 Å². The molecule has 2 heterocycles. The van der Waals surface area contributed by atoms with Gasteiger partial charge >= 0.3 is 0 Å². The van der Waals surface area contributed by atoms with Crippen molar-refractivity contribution in [2.45, 2.75) is 19.5 Å². The number of pyridine rings is 1. The molecule has 0 fully saturated rings. The first-order chi connectivity index (χ1) is 9.29. The molecule has 0 spiro atoms. The SMILES string of the molecule is CNCc1ccoc1CN(C)CCc1ccccn1. The fraction of sp³-hybridized carbons (Fsp3) is 0.400. The summed E-state index contributed by atoms with van der Waals surface area (Å²) in [5, 5.41) is 3.15. The van der Waals surface area contributed by atoms with Gasteiger partial charge in [-0.25, -0.2) is 0 Å². The zero-order valence-electron chi connectivity index (χ0n) is 11.6. The zero-order valence-corrected chi connectivity index (χ0v) is 11.6. The first-order valence-electron chi connectivity index (χ1n) is 6.58. The first kappa shape index (κ1) is 13.8. The number of rotatable bonds is 7. The third kappa shape index (κ3) is 4.19. The summed E-state index contributed by atoms with van der Waals surface area (Å²) in [5.41, 5.74) is 2.36. The van der Waals surface area contributed by atoms with Gasteiger partial charge in [-0.15, -0.1) is 0 Å². The van der Waals surface area contributed by atoms with E-state index in [-0.39, 0.29) is 0 Å². The molecule has 0 saturated carbocycles. The maximum Gasteiger partial charge on any atom is 0.122 e. The van der Waals surface area contributed by atoms with Crippen molar-refractivity contribution >= 4 is 0 Å². The summed E-state index contributed by atoms with van der Waals surface area (Å²) in [6.45, 7) is 2.65. The Morgan fingerprint density at radius 1 is 1.32 bits per heavy atom. The van der Waals surface area contributed by atoms with Gasteiger partial charge in [0.1, 0.15) is 5.76 Å². The van der Waals surface area contributed by atoms with Crippen LogP contribution in [0.25, 0.3) is 0 Å². The van der Waals surface area contributed by atoms with E-state index in [1.165, 1.54) is 5.56 Å². The lowest BCUT2D eigenvalue weighted by molar-refractivity contribution is 0.295. The topological polar surface area (TPSA) is 41.3 Å². The minimum atomic E-state index is 0.830. The number of hydrogen-bond donors (Lipinski definition) is 1. The van der Waals surface area contributed by atoms with Gasteiger partial charge in [0.2, 0.25) is 0 Å². The Morgan fingerprint density at radius 2 is 2.21 bits per heavy atom. The van der Waals surface area contributed by atoms with Crippen LogP contribution in [0.2, 0.25) is 0 Å². The Balaban J connectivity index is 1.84. The number of nitrogens with zero attached hydrogens (tertiary/aromatic N) is 2. The van der Waals surface area contributed by atoms with Crippen molar-refractivity contribution in [2.24, 2.45) is 0 Å². The van der Waals surface area contributed by atoms with Gasteiger partial charge in [-0.2, -0.15) is 0 Å². The largest absolute Gasteiger partial charge is 0.468 e. The van der Waals surface area contributed by atoms with Crippen LogP contribution in [0.5, 0.6) is 0 Å². The summed E-state index contributed by atoms with van der Waals surface area (Å²) in [7, 11) is 4.05. The highest BCUT2D eigenvalue weighted by Crippen LogP contribution is 2.12. The molecule has 0 aromatic carbocycles. The fourth-order valence-corrected chi connectivity index (χ4v) is 2.03. The van der Waals surface area contributed by atoms with Crippen molar-refractivity contribution < 1.29 is 4.42 Å². The summed E-state index contributed by atoms with van der Waals surface area (Å²) in [5.74, 6) is 1.04. The van der Waals surface area contributed by atoms with Crippen LogP contribution in [0.15, 0.2) is 41.1 Å². The Hall–Kier alpha value is -1.65. The van der Waals surface area contributed by atoms with Crippen molar-refractivity contribution in [3.8, 4) is 0 Å². The molecule has 4 nitrogen and oxygen atoms in total. The van der Waals surface area contributed by atoms with Gasteiger partial charge in [0, 0.05) is 37.0 Å². The molecule has 19 heavy (non-hydrogen) atoms. The lowest BCUT2D eigenvalue weighted by Crippen LogP contribution is -2.21. The Labute approximate surface area is 114 Å². The molecule has 0 atom stereocenters. The summed E-state index contributed by atoms with van der Waals surface area (Å²) in [6, 6.07) is 8.06. The van der Waals surface area contributed by atoms with Crippen LogP contribution < -0.4 is 5.32 Å². The molecule has 2 rings (SSSR count). The van der Waals surface area contributed by atoms with Gasteiger partial charge in [0.15, 0.2) is 0 Å². The predicted octanol–water partition coefficient (Wildman–Crippen LogP) is 2.07. The van der Waals surface area contributed by atoms with Crippen LogP contribution in [-0.2, 0) is 19.5 Å². The van der Waals surface area contributed by atoms with Gasteiger partial charge in [0.25, 0.3) is 0 Å². The van der Waals surface area contributed by atoms with Gasteiger partial charge < -0.3 is 9.73 Å². The highest BCUT2D eigenvalue weighted by Gasteiger charge is 2.08. The third-order valence-corrected chi connectivity index (χ3v) is 3.09. The molecular weight excluding hydrogens is 238 g/mol. The van der Waals surface area contributed by atoms with Crippen molar-refractivity contribution in [1.82, 2.24) is 15.2 Å². The highest BCUT2D eigenvalue weighted by atomic mass is 16.3. The van der Waals surface area contributed by atoms with Crippen molar-refractivity contribution in [2.75, 3.05) is 20.6 Å². The summed E-state index contributed by atoms with van der Waals surface area (Å²) >= 11 is 0. The molecular formula is C15H21N3O. The van der Waals surface area contributed by atoms with E-state index in [0.717, 1.165) is 37.5 Å². The molecule has 0 unspecified atom stereocenters. The quantitative estimate of drug-likeness (QED) is 0.826. The third-order valence-electron chi connectivity index (χ3n) is 3.09. The number of likely N-dealkylation sites (N-methyl/N-ethyl adjacent to an activating group) is 1. The Kier molecular flexibility index (Phi) is 5.12. The van der Waals surface area contributed by atoms with Crippen LogP contribution in [0.4, 0.5) is 0 Å². The number of hydrogen-bond acceptors (Lipinski definition) is 4. The molecule has 4 heteroatoms. The number of nitrogens with one attached hydrogen (secondary N) is 1. The van der Waals surface area contributed by atoms with Gasteiger partial charge in [-0.3, -0.25) is 9.88 Å². The fourth-order valence-electron chi connectivity index (χ4n) is 2.03. The van der Waals surface area contributed by atoms with Crippen LogP contribution in [-0.4, -0.2) is 30.5 Å². The predicted molar refractivity (Wildman–Crippen MR) is 75.7 cm³/mol. The van der Waals surface area contributed by atoms with Crippen LogP contribution in [0.1, 0.15) is 17.0 Å². The molecule has 0 radical (unpaired) electrons. The second-order valence-electron chi connectivity index (χ2n) is 4.71. The minimum absolute atomic E-state index is 0.830. The van der Waals surface area contributed by atoms with E-state index in [0.29, 0.717) is 0 Å². The Morgan fingerprint density at radius 3 is 2.95 bits per heavy atom. The number of aromatic nitrogens is 1. The summed E-state index contributed by atoms with van der Waals surface area (Å²) < 4.78 is 5.54. The van der Waals surface area contributed by atoms with Crippen LogP contribution >= 0.6 is 0 Å². The molecule has 102 valence electrons. The number of furan rings is 1. The average molecular weight is 259 g/mol. The standard InChI is InChI=1S/C15H21N3O/c1-16-11-13-7-10-19-15(13)12-18(2)9-6-14-5-3-4-8-17-14/h3-5,7-8,10,16H,6,9,11-12H2,1-2H3. The molecule has 0 amide bonds. The molecule has 0 aliphatic rings. The molecule has 2 aromatic rings. The molecule has 1 N–H and O–H groups in total. The highest BCUT2D eigenvalue weighted by molar-refractivity contribution is 5.16. The normalized spacial score (nSPS) is 11.1. The van der Waals surface area contributed by atoms with E-state index < -0.39 is 0 Å². The maximum atomic E-state index is 5.54. The smallest absolute Gasteiger partial charge is 0.122 e. The molecule has 0 aliphatic carbocycles. The van der Waals surface area contributed by atoms with Gasteiger partial charge in [0.05, 0.1) is 12.8 Å². The second-order valence-corrected chi connectivity index (χ2v) is 4.71. The first-order valence-corrected chi connectivity index (χ1v) is 6.58. The van der Waals surface area contributed by atoms with E-state index in [9.17, 15) is 0 Å². The average Bonchev–Trinajstić information content (AvgIpc) is 2.85. The van der Waals surface area contributed by atoms with E-state index in [1.807, 2.05) is 31.4 Å². The van der Waals surface area contributed by atoms with E-state index >= 15 is 0 Å². The molecule has 0 bridgehead atoms. The van der Waals surface area contributed by atoms with Gasteiger partial charge in [-0.1, -0.05) is 6.07 Å². The van der Waals surface area contributed by atoms with Crippen molar-refractivity contribution in [1.29, 1.82) is 0 Å². The van der Waals surface area contributed by atoms with Crippen LogP contribution in [0, 0.1) is 0 Å². The molecule has 0 aliphatic heterocycles. The molecule has 2 aromatic heterocycles. The van der Waals surface area contributed by atoms with Gasteiger partial charge in [-0.05, 0) is 32.3 Å². The zero-order chi connectivity index (χ0) is 13.5. The maximum absolute atomic E-state index is 5.54. The Bertz CT molecular complexity index is 481.